The molecular weight excluding hydrogens is 444 g/mol. The second-order valence-corrected chi connectivity index (χ2v) is 8.06. The molecule has 0 saturated heterocycles. The fourth-order valence-electron chi connectivity index (χ4n) is 3.56. The van der Waals surface area contributed by atoms with Crippen molar-refractivity contribution in [2.24, 2.45) is 4.99 Å². The van der Waals surface area contributed by atoms with E-state index in [-0.39, 0.29) is 0 Å². The van der Waals surface area contributed by atoms with Gasteiger partial charge in [0, 0.05) is 41.9 Å². The maximum absolute atomic E-state index is 9.55. The Morgan fingerprint density at radius 2 is 1.66 bits per heavy atom. The summed E-state index contributed by atoms with van der Waals surface area (Å²) in [7, 11) is 4.21. The molecule has 0 amide bonds. The molecule has 0 saturated carbocycles. The van der Waals surface area contributed by atoms with Crippen molar-refractivity contribution in [3.8, 4) is 11.1 Å². The smallest absolute Gasteiger partial charge is 0.328 e. The van der Waals surface area contributed by atoms with Gasteiger partial charge in [0.25, 0.3) is 0 Å². The van der Waals surface area contributed by atoms with Crippen LogP contribution in [0.2, 0.25) is 0 Å². The Balaban J connectivity index is 0.000000371. The zero-order valence-corrected chi connectivity index (χ0v) is 19.7. The molecule has 2 heterocycles. The molecule has 35 heavy (non-hydrogen) atoms. The number of carboxylic acid groups (broad SMARTS) is 2. The van der Waals surface area contributed by atoms with Crippen LogP contribution in [0, 0.1) is 0 Å². The van der Waals surface area contributed by atoms with Gasteiger partial charge in [-0.3, -0.25) is 0 Å². The zero-order valence-electron chi connectivity index (χ0n) is 19.7. The minimum Gasteiger partial charge on any atom is -0.478 e. The first-order chi connectivity index (χ1) is 16.8. The van der Waals surface area contributed by atoms with E-state index in [9.17, 15) is 9.59 Å². The Morgan fingerprint density at radius 1 is 0.943 bits per heavy atom. The minimum absolute atomic E-state index is 0.558. The molecule has 0 bridgehead atoms. The molecule has 180 valence electrons. The van der Waals surface area contributed by atoms with Crippen LogP contribution in [0.1, 0.15) is 6.42 Å². The highest BCUT2D eigenvalue weighted by Crippen LogP contribution is 2.27. The average molecular weight is 473 g/mol. The van der Waals surface area contributed by atoms with Crippen LogP contribution in [0.5, 0.6) is 0 Å². The normalized spacial score (nSPS) is 11.9. The molecule has 0 spiro atoms. The number of pyridine rings is 1. The van der Waals surface area contributed by atoms with E-state index in [0.29, 0.717) is 12.2 Å². The van der Waals surface area contributed by atoms with Crippen molar-refractivity contribution < 1.29 is 19.8 Å². The predicted octanol–water partition coefficient (Wildman–Crippen LogP) is 2.92. The first-order valence-corrected chi connectivity index (χ1v) is 11.1. The van der Waals surface area contributed by atoms with Crippen molar-refractivity contribution in [1.82, 2.24) is 9.88 Å². The van der Waals surface area contributed by atoms with Crippen LogP contribution in [0.25, 0.3) is 17.3 Å². The van der Waals surface area contributed by atoms with Gasteiger partial charge >= 0.3 is 11.9 Å². The van der Waals surface area contributed by atoms with Crippen LogP contribution in [0.4, 0.5) is 11.5 Å². The third-order valence-corrected chi connectivity index (χ3v) is 5.09. The van der Waals surface area contributed by atoms with E-state index in [0.717, 1.165) is 47.2 Å². The van der Waals surface area contributed by atoms with E-state index in [1.54, 1.807) is 0 Å². The largest absolute Gasteiger partial charge is 0.478 e. The number of para-hydroxylation sites is 1. The van der Waals surface area contributed by atoms with Gasteiger partial charge in [-0.05, 0) is 44.8 Å². The zero-order chi connectivity index (χ0) is 25.2. The van der Waals surface area contributed by atoms with Crippen molar-refractivity contribution >= 4 is 29.6 Å². The molecule has 0 aliphatic carbocycles. The van der Waals surface area contributed by atoms with Crippen LogP contribution >= 0.6 is 0 Å². The summed E-state index contributed by atoms with van der Waals surface area (Å²) < 4.78 is 0. The molecule has 2 aromatic carbocycles. The van der Waals surface area contributed by atoms with Gasteiger partial charge in [0.15, 0.2) is 5.82 Å². The molecule has 1 aromatic heterocycles. The lowest BCUT2D eigenvalue weighted by Gasteiger charge is -2.20. The lowest BCUT2D eigenvalue weighted by molar-refractivity contribution is -0.134. The third kappa shape index (κ3) is 7.35. The summed E-state index contributed by atoms with van der Waals surface area (Å²) >= 11 is 0. The number of hydrogen-bond donors (Lipinski definition) is 2. The summed E-state index contributed by atoms with van der Waals surface area (Å²) in [5, 5.41) is 17.8. The van der Waals surface area contributed by atoms with Crippen molar-refractivity contribution in [3.63, 3.8) is 0 Å². The highest BCUT2D eigenvalue weighted by molar-refractivity contribution is 5.89. The van der Waals surface area contributed by atoms with E-state index in [1.165, 1.54) is 5.56 Å². The number of aliphatic carboxylic acids is 2. The molecule has 2 N–H and O–H groups in total. The first-order valence-electron chi connectivity index (χ1n) is 11.1. The van der Waals surface area contributed by atoms with Gasteiger partial charge in [-0.25, -0.2) is 19.6 Å². The molecule has 0 unspecified atom stereocenters. The summed E-state index contributed by atoms with van der Waals surface area (Å²) in [4.78, 5) is 33.2. The average Bonchev–Trinajstić information content (AvgIpc) is 3.00. The van der Waals surface area contributed by atoms with E-state index in [2.05, 4.69) is 77.5 Å². The summed E-state index contributed by atoms with van der Waals surface area (Å²) in [6.45, 7) is 1.95. The van der Waals surface area contributed by atoms with E-state index >= 15 is 0 Å². The maximum Gasteiger partial charge on any atom is 0.328 e. The van der Waals surface area contributed by atoms with Gasteiger partial charge in [0.1, 0.15) is 5.69 Å². The molecule has 0 atom stereocenters. The lowest BCUT2D eigenvalue weighted by Crippen LogP contribution is -2.30. The number of hydrogen-bond acceptors (Lipinski definition) is 6. The summed E-state index contributed by atoms with van der Waals surface area (Å²) in [6.07, 6.45) is 6.22. The number of rotatable bonds is 7. The maximum atomic E-state index is 9.55. The van der Waals surface area contributed by atoms with Gasteiger partial charge < -0.3 is 20.0 Å². The van der Waals surface area contributed by atoms with Crippen LogP contribution in [-0.2, 0) is 9.59 Å². The van der Waals surface area contributed by atoms with Crippen LogP contribution < -0.4 is 15.5 Å². The van der Waals surface area contributed by atoms with Gasteiger partial charge in [-0.2, -0.15) is 0 Å². The van der Waals surface area contributed by atoms with Crippen molar-refractivity contribution in [2.75, 3.05) is 32.1 Å². The Bertz CT molecular complexity index is 1300. The fraction of sp³-hybridized carbons (Fsp3) is 0.185. The third-order valence-electron chi connectivity index (χ3n) is 5.09. The summed E-state index contributed by atoms with van der Waals surface area (Å²) in [6, 6.07) is 20.8. The quantitative estimate of drug-likeness (QED) is 0.509. The topological polar surface area (TPSA) is 106 Å². The van der Waals surface area contributed by atoms with Crippen molar-refractivity contribution in [2.45, 2.75) is 6.42 Å². The highest BCUT2D eigenvalue weighted by Gasteiger charge is 2.14. The number of benzene rings is 2. The number of carbonyl (C=O) groups is 2. The number of anilines is 1. The molecule has 0 radical (unpaired) electrons. The Labute approximate surface area is 203 Å². The minimum atomic E-state index is -1.26. The molecule has 0 fully saturated rings. The number of aromatic nitrogens is 1. The Hall–Kier alpha value is -4.30. The second-order valence-electron chi connectivity index (χ2n) is 8.06. The Morgan fingerprint density at radius 3 is 2.31 bits per heavy atom. The molecule has 3 aromatic rings. The molecule has 8 nitrogen and oxygen atoms in total. The van der Waals surface area contributed by atoms with Gasteiger partial charge in [0.05, 0.1) is 5.36 Å². The van der Waals surface area contributed by atoms with E-state index in [1.807, 2.05) is 24.4 Å². The van der Waals surface area contributed by atoms with Crippen molar-refractivity contribution in [3.05, 3.63) is 89.6 Å². The predicted molar refractivity (Wildman–Crippen MR) is 136 cm³/mol. The van der Waals surface area contributed by atoms with Crippen molar-refractivity contribution in [1.29, 1.82) is 0 Å². The van der Waals surface area contributed by atoms with E-state index < -0.39 is 11.9 Å². The summed E-state index contributed by atoms with van der Waals surface area (Å²) in [5.74, 6) is -1.59. The van der Waals surface area contributed by atoms with Gasteiger partial charge in [-0.15, -0.1) is 0 Å². The van der Waals surface area contributed by atoms with Gasteiger partial charge in [-0.1, -0.05) is 48.5 Å². The molecule has 8 heteroatoms. The summed E-state index contributed by atoms with van der Waals surface area (Å²) in [5.41, 5.74) is 3.24. The second kappa shape index (κ2) is 12.2. The van der Waals surface area contributed by atoms with Crippen LogP contribution in [0.15, 0.2) is 84.0 Å². The number of fused-ring (bicyclic) bond motifs is 2. The lowest BCUT2D eigenvalue weighted by atomic mass is 10.0. The molecular formula is C27H28N4O4. The Kier molecular flexibility index (Phi) is 8.86. The van der Waals surface area contributed by atoms with Crippen LogP contribution in [0.3, 0.4) is 0 Å². The van der Waals surface area contributed by atoms with Gasteiger partial charge in [0.2, 0.25) is 0 Å². The number of nitrogens with zero attached hydrogens (tertiary/aromatic N) is 4. The van der Waals surface area contributed by atoms with Crippen LogP contribution in [-0.4, -0.2) is 59.2 Å². The molecule has 1 aliphatic rings. The standard InChI is InChI=1S/C23H24N4.C4H4O4/c1-26(2)15-8-16-27-17-19-11-6-12-20(18-9-4-3-5-10-18)22(19)25-21-13-7-14-24-23(21)27;5-3(6)1-2-4(7)8/h3-7,9-14,17H,8,15-16H2,1-2H3;1-2H,(H,5,6)(H,7,8). The first kappa shape index (κ1) is 25.3. The molecule has 1 aliphatic heterocycles. The number of carboxylic acids is 2. The SMILES string of the molecule is CN(C)CCCN1C=c2cccc(-c3ccccc3)c2=Nc2cccnc21.O=C(O)C=CC(=O)O. The fourth-order valence-corrected chi connectivity index (χ4v) is 3.56. The monoisotopic (exact) mass is 472 g/mol. The molecule has 4 rings (SSSR count). The van der Waals surface area contributed by atoms with E-state index in [4.69, 9.17) is 15.2 Å². The highest BCUT2D eigenvalue weighted by atomic mass is 16.4.